The minimum atomic E-state index is -1.15. The number of aliphatic carboxylic acids is 1. The van der Waals surface area contributed by atoms with E-state index in [2.05, 4.69) is 10.3 Å². The second-order valence-corrected chi connectivity index (χ2v) is 6.40. The van der Waals surface area contributed by atoms with E-state index in [1.807, 2.05) is 42.5 Å². The molecule has 0 fully saturated rings. The zero-order chi connectivity index (χ0) is 17.8. The van der Waals surface area contributed by atoms with Crippen LogP contribution >= 0.6 is 11.8 Å². The van der Waals surface area contributed by atoms with Crippen molar-refractivity contribution in [3.05, 3.63) is 70.6 Å². The molecule has 3 N–H and O–H groups in total. The van der Waals surface area contributed by atoms with Gasteiger partial charge in [-0.1, -0.05) is 30.0 Å². The first-order valence-electron chi connectivity index (χ1n) is 7.43. The van der Waals surface area contributed by atoms with Crippen LogP contribution in [-0.4, -0.2) is 28.5 Å². The van der Waals surface area contributed by atoms with Gasteiger partial charge >= 0.3 is 5.97 Å². The number of aromatic nitrogens is 1. The first-order valence-corrected chi connectivity index (χ1v) is 8.24. The van der Waals surface area contributed by atoms with Crippen molar-refractivity contribution in [3.8, 4) is 0 Å². The van der Waals surface area contributed by atoms with Crippen molar-refractivity contribution in [2.24, 2.45) is 0 Å². The molecule has 1 aromatic heterocycles. The van der Waals surface area contributed by atoms with Gasteiger partial charge in [-0.3, -0.25) is 14.4 Å². The van der Waals surface area contributed by atoms with Crippen molar-refractivity contribution in [3.63, 3.8) is 0 Å². The Morgan fingerprint density at radius 3 is 2.52 bits per heavy atom. The fraction of sp³-hybridized carbons (Fsp3) is 0.0556. The van der Waals surface area contributed by atoms with Gasteiger partial charge in [-0.05, 0) is 41.8 Å². The van der Waals surface area contributed by atoms with E-state index in [0.29, 0.717) is 10.8 Å². The fourth-order valence-electron chi connectivity index (χ4n) is 2.31. The maximum atomic E-state index is 12.2. The van der Waals surface area contributed by atoms with Crippen LogP contribution in [0, 0.1) is 0 Å². The van der Waals surface area contributed by atoms with Gasteiger partial charge in [0, 0.05) is 15.2 Å². The maximum Gasteiger partial charge on any atom is 0.322 e. The fourth-order valence-corrected chi connectivity index (χ4v) is 3.20. The minimum Gasteiger partial charge on any atom is -0.480 e. The molecule has 0 aliphatic heterocycles. The van der Waals surface area contributed by atoms with Crippen LogP contribution in [0.5, 0.6) is 0 Å². The van der Waals surface area contributed by atoms with E-state index in [1.54, 1.807) is 23.9 Å². The Bertz CT molecular complexity index is 999. The zero-order valence-corrected chi connectivity index (χ0v) is 13.8. The van der Waals surface area contributed by atoms with Crippen molar-refractivity contribution in [1.29, 1.82) is 0 Å². The number of H-pyrrole nitrogens is 1. The third-order valence-corrected chi connectivity index (χ3v) is 4.44. The lowest BCUT2D eigenvalue weighted by molar-refractivity contribution is -0.135. The highest BCUT2D eigenvalue weighted by molar-refractivity contribution is 7.99. The number of rotatable bonds is 5. The highest BCUT2D eigenvalue weighted by Gasteiger charge is 2.11. The summed E-state index contributed by atoms with van der Waals surface area (Å²) < 4.78 is 0. The van der Waals surface area contributed by atoms with Crippen LogP contribution in [0.3, 0.4) is 0 Å². The molecule has 2 aromatic carbocycles. The molecular formula is C18H14N2O4S. The van der Waals surface area contributed by atoms with Crippen molar-refractivity contribution in [1.82, 2.24) is 10.3 Å². The minimum absolute atomic E-state index is 0.0283. The molecule has 0 bridgehead atoms. The summed E-state index contributed by atoms with van der Waals surface area (Å²) in [5.41, 5.74) is -0.366. The summed E-state index contributed by atoms with van der Waals surface area (Å²) in [6.07, 6.45) is 0. The largest absolute Gasteiger partial charge is 0.480 e. The van der Waals surface area contributed by atoms with Crippen LogP contribution in [0.15, 0.2) is 69.2 Å². The Morgan fingerprint density at radius 1 is 1.04 bits per heavy atom. The van der Waals surface area contributed by atoms with Gasteiger partial charge in [0.05, 0.1) is 0 Å². The second kappa shape index (κ2) is 7.23. The molecule has 0 saturated carbocycles. The van der Waals surface area contributed by atoms with Gasteiger partial charge in [0.15, 0.2) is 0 Å². The number of aromatic amines is 1. The van der Waals surface area contributed by atoms with Crippen LogP contribution in [0.1, 0.15) is 10.5 Å². The molecule has 0 aliphatic rings. The SMILES string of the molecule is O=C(O)CNC(=O)c1cc2cc(Sc3ccccc3)ccc2c(=O)[nH]1. The molecule has 1 heterocycles. The van der Waals surface area contributed by atoms with Crippen molar-refractivity contribution in [2.45, 2.75) is 9.79 Å². The third kappa shape index (κ3) is 4.07. The third-order valence-electron chi connectivity index (χ3n) is 3.44. The van der Waals surface area contributed by atoms with E-state index in [4.69, 9.17) is 5.11 Å². The Labute approximate surface area is 146 Å². The van der Waals surface area contributed by atoms with Crippen LogP contribution < -0.4 is 10.9 Å². The molecule has 126 valence electrons. The molecule has 3 aromatic rings. The molecule has 0 unspecified atom stereocenters. The number of carbonyl (C=O) groups is 2. The number of carboxylic acids is 1. The highest BCUT2D eigenvalue weighted by atomic mass is 32.2. The molecule has 3 rings (SSSR count). The summed E-state index contributed by atoms with van der Waals surface area (Å²) in [4.78, 5) is 39.1. The molecule has 7 heteroatoms. The number of amides is 1. The summed E-state index contributed by atoms with van der Waals surface area (Å²) in [5, 5.41) is 11.9. The predicted octanol–water partition coefficient (Wildman–Crippen LogP) is 2.49. The molecule has 25 heavy (non-hydrogen) atoms. The average molecular weight is 354 g/mol. The second-order valence-electron chi connectivity index (χ2n) is 5.25. The number of nitrogens with one attached hydrogen (secondary N) is 2. The summed E-state index contributed by atoms with van der Waals surface area (Å²) in [6.45, 7) is -0.511. The van der Waals surface area contributed by atoms with E-state index in [1.165, 1.54) is 0 Å². The van der Waals surface area contributed by atoms with Gasteiger partial charge in [0.2, 0.25) is 0 Å². The molecule has 0 spiro atoms. The average Bonchev–Trinajstić information content (AvgIpc) is 2.60. The van der Waals surface area contributed by atoms with Gasteiger partial charge in [-0.15, -0.1) is 0 Å². The number of carbonyl (C=O) groups excluding carboxylic acids is 1. The van der Waals surface area contributed by atoms with E-state index in [0.717, 1.165) is 9.79 Å². The van der Waals surface area contributed by atoms with Crippen LogP contribution in [0.2, 0.25) is 0 Å². The summed E-state index contributed by atoms with van der Waals surface area (Å²) in [7, 11) is 0. The first-order chi connectivity index (χ1) is 12.0. The summed E-state index contributed by atoms with van der Waals surface area (Å²) in [5.74, 6) is -1.79. The maximum absolute atomic E-state index is 12.2. The lowest BCUT2D eigenvalue weighted by Crippen LogP contribution is -2.31. The van der Waals surface area contributed by atoms with Crippen molar-refractivity contribution < 1.29 is 14.7 Å². The van der Waals surface area contributed by atoms with Crippen molar-refractivity contribution >= 4 is 34.4 Å². The van der Waals surface area contributed by atoms with Gasteiger partial charge in [-0.25, -0.2) is 0 Å². The van der Waals surface area contributed by atoms with Crippen LogP contribution in [0.4, 0.5) is 0 Å². The Kier molecular flexibility index (Phi) is 4.85. The molecular weight excluding hydrogens is 340 g/mol. The van der Waals surface area contributed by atoms with Gasteiger partial charge in [-0.2, -0.15) is 0 Å². The molecule has 0 atom stereocenters. The lowest BCUT2D eigenvalue weighted by atomic mass is 10.1. The first kappa shape index (κ1) is 16.8. The molecule has 6 nitrogen and oxygen atoms in total. The van der Waals surface area contributed by atoms with Gasteiger partial charge in [0.25, 0.3) is 11.5 Å². The predicted molar refractivity (Wildman–Crippen MR) is 95.1 cm³/mol. The smallest absolute Gasteiger partial charge is 0.322 e. The summed E-state index contributed by atoms with van der Waals surface area (Å²) in [6, 6.07) is 16.7. The highest BCUT2D eigenvalue weighted by Crippen LogP contribution is 2.29. The van der Waals surface area contributed by atoms with Crippen molar-refractivity contribution in [2.75, 3.05) is 6.54 Å². The standard InChI is InChI=1S/C18H14N2O4S/c21-16(22)10-19-18(24)15-9-11-8-13(6-7-14(11)17(23)20-15)25-12-4-2-1-3-5-12/h1-9H,10H2,(H,19,24)(H,20,23)(H,21,22). The topological polar surface area (TPSA) is 99.3 Å². The van der Waals surface area contributed by atoms with E-state index in [-0.39, 0.29) is 5.69 Å². The quantitative estimate of drug-likeness (QED) is 0.654. The Hall–Kier alpha value is -3.06. The van der Waals surface area contributed by atoms with E-state index < -0.39 is 24.0 Å². The molecule has 0 aliphatic carbocycles. The normalized spacial score (nSPS) is 10.6. The van der Waals surface area contributed by atoms with Gasteiger partial charge in [0.1, 0.15) is 12.2 Å². The number of carboxylic acid groups (broad SMARTS) is 1. The van der Waals surface area contributed by atoms with E-state index >= 15 is 0 Å². The monoisotopic (exact) mass is 354 g/mol. The molecule has 1 amide bonds. The Morgan fingerprint density at radius 2 is 1.80 bits per heavy atom. The number of hydrogen-bond acceptors (Lipinski definition) is 4. The number of hydrogen-bond donors (Lipinski definition) is 3. The number of pyridine rings is 1. The van der Waals surface area contributed by atoms with Crippen LogP contribution in [-0.2, 0) is 4.79 Å². The number of fused-ring (bicyclic) bond motifs is 1. The lowest BCUT2D eigenvalue weighted by Gasteiger charge is -2.06. The molecule has 0 saturated heterocycles. The number of benzene rings is 2. The Balaban J connectivity index is 1.93. The zero-order valence-electron chi connectivity index (χ0n) is 13.0. The van der Waals surface area contributed by atoms with Crippen LogP contribution in [0.25, 0.3) is 10.8 Å². The van der Waals surface area contributed by atoms with E-state index in [9.17, 15) is 14.4 Å². The summed E-state index contributed by atoms with van der Waals surface area (Å²) >= 11 is 1.55. The van der Waals surface area contributed by atoms with Gasteiger partial charge < -0.3 is 15.4 Å². The molecule has 0 radical (unpaired) electrons.